The molecule has 1 N–H and O–H groups in total. The quantitative estimate of drug-likeness (QED) is 0.438. The Balaban J connectivity index is 2.04. The minimum atomic E-state index is -0.506. The first kappa shape index (κ1) is 18.9. The number of fused-ring (bicyclic) bond motifs is 1. The van der Waals surface area contributed by atoms with Gasteiger partial charge in [0.05, 0.1) is 5.69 Å². The van der Waals surface area contributed by atoms with Gasteiger partial charge in [0.25, 0.3) is 0 Å². The second-order valence-electron chi connectivity index (χ2n) is 8.17. The summed E-state index contributed by atoms with van der Waals surface area (Å²) in [7, 11) is 0. The second-order valence-corrected chi connectivity index (χ2v) is 8.17. The molecular formula is C26H24N2O. The molecule has 0 spiro atoms. The number of aromatic nitrogens is 1. The molecule has 1 amide bonds. The largest absolute Gasteiger partial charge is 0.310 e. The summed E-state index contributed by atoms with van der Waals surface area (Å²) in [4.78, 5) is 17.7. The molecule has 0 aliphatic carbocycles. The van der Waals surface area contributed by atoms with Crippen LogP contribution in [0.25, 0.3) is 33.2 Å². The van der Waals surface area contributed by atoms with Gasteiger partial charge >= 0.3 is 0 Å². The van der Waals surface area contributed by atoms with Crippen molar-refractivity contribution in [1.29, 1.82) is 0 Å². The molecule has 0 unspecified atom stereocenters. The topological polar surface area (TPSA) is 42.0 Å². The predicted molar refractivity (Wildman–Crippen MR) is 121 cm³/mol. The first-order valence-corrected chi connectivity index (χ1v) is 9.80. The molecule has 1 heterocycles. The molecule has 3 nitrogen and oxygen atoms in total. The Morgan fingerprint density at radius 3 is 1.83 bits per heavy atom. The zero-order valence-electron chi connectivity index (χ0n) is 16.9. The molecule has 4 rings (SSSR count). The number of carbonyl (C=O) groups is 1. The van der Waals surface area contributed by atoms with Crippen LogP contribution in [-0.2, 0) is 4.79 Å². The Hall–Kier alpha value is -3.46. The number of benzene rings is 3. The third-order valence-electron chi connectivity index (χ3n) is 4.93. The van der Waals surface area contributed by atoms with Crippen LogP contribution in [0.15, 0.2) is 84.9 Å². The van der Waals surface area contributed by atoms with Crippen molar-refractivity contribution in [3.05, 3.63) is 84.9 Å². The lowest BCUT2D eigenvalue weighted by atomic mass is 9.93. The van der Waals surface area contributed by atoms with E-state index in [1.165, 1.54) is 0 Å². The molecule has 144 valence electrons. The molecule has 0 saturated heterocycles. The van der Waals surface area contributed by atoms with Crippen LogP contribution in [0.1, 0.15) is 20.8 Å². The number of rotatable bonds is 3. The number of anilines is 1. The van der Waals surface area contributed by atoms with E-state index in [1.54, 1.807) is 0 Å². The molecule has 0 fully saturated rings. The van der Waals surface area contributed by atoms with Gasteiger partial charge in [-0.05, 0) is 10.9 Å². The molecule has 0 saturated carbocycles. The SMILES string of the molecule is CC(C)(C)C(=O)Nc1nc(-c2ccccc2)c(-c2ccccc2)c2ccccc12. The molecule has 0 radical (unpaired) electrons. The van der Waals surface area contributed by atoms with Crippen LogP contribution in [-0.4, -0.2) is 10.9 Å². The van der Waals surface area contributed by atoms with Gasteiger partial charge in [0.1, 0.15) is 5.82 Å². The van der Waals surface area contributed by atoms with Crippen LogP contribution in [0.2, 0.25) is 0 Å². The van der Waals surface area contributed by atoms with E-state index >= 15 is 0 Å². The summed E-state index contributed by atoms with van der Waals surface area (Å²) >= 11 is 0. The van der Waals surface area contributed by atoms with Crippen LogP contribution >= 0.6 is 0 Å². The standard InChI is InChI=1S/C26H24N2O/c1-26(2,3)25(29)28-24-21-17-11-10-16-20(21)22(18-12-6-4-7-13-18)23(27-24)19-14-8-5-9-15-19/h4-17H,1-3H3,(H,27,28,29). The van der Waals surface area contributed by atoms with Gasteiger partial charge in [-0.25, -0.2) is 4.98 Å². The summed E-state index contributed by atoms with van der Waals surface area (Å²) in [5.74, 6) is 0.542. The van der Waals surface area contributed by atoms with Crippen LogP contribution in [0.4, 0.5) is 5.82 Å². The lowest BCUT2D eigenvalue weighted by molar-refractivity contribution is -0.123. The minimum absolute atomic E-state index is 0.0541. The molecular weight excluding hydrogens is 356 g/mol. The molecule has 0 bridgehead atoms. The average Bonchev–Trinajstić information content (AvgIpc) is 2.74. The summed E-state index contributed by atoms with van der Waals surface area (Å²) in [6, 6.07) is 28.5. The zero-order valence-corrected chi connectivity index (χ0v) is 16.9. The van der Waals surface area contributed by atoms with E-state index in [0.29, 0.717) is 5.82 Å². The fourth-order valence-corrected chi connectivity index (χ4v) is 3.36. The maximum atomic E-state index is 12.7. The summed E-state index contributed by atoms with van der Waals surface area (Å²) in [6.07, 6.45) is 0. The summed E-state index contributed by atoms with van der Waals surface area (Å²) in [5.41, 5.74) is 3.54. The second kappa shape index (κ2) is 7.51. The number of amides is 1. The summed E-state index contributed by atoms with van der Waals surface area (Å²) < 4.78 is 0. The molecule has 0 aliphatic rings. The number of nitrogens with zero attached hydrogens (tertiary/aromatic N) is 1. The maximum Gasteiger partial charge on any atom is 0.230 e. The third kappa shape index (κ3) is 3.77. The smallest absolute Gasteiger partial charge is 0.230 e. The highest BCUT2D eigenvalue weighted by Gasteiger charge is 2.24. The van der Waals surface area contributed by atoms with Crippen molar-refractivity contribution in [1.82, 2.24) is 4.98 Å². The molecule has 3 heteroatoms. The number of hydrogen-bond donors (Lipinski definition) is 1. The maximum absolute atomic E-state index is 12.7. The van der Waals surface area contributed by atoms with Crippen LogP contribution in [0.3, 0.4) is 0 Å². The van der Waals surface area contributed by atoms with Gasteiger partial charge in [-0.15, -0.1) is 0 Å². The normalized spacial score (nSPS) is 11.4. The molecule has 4 aromatic rings. The van der Waals surface area contributed by atoms with Gasteiger partial charge in [-0.1, -0.05) is 106 Å². The van der Waals surface area contributed by atoms with E-state index in [9.17, 15) is 4.79 Å². The van der Waals surface area contributed by atoms with Crippen molar-refractivity contribution in [2.24, 2.45) is 5.41 Å². The van der Waals surface area contributed by atoms with E-state index in [4.69, 9.17) is 4.98 Å². The number of pyridine rings is 1. The molecule has 0 aliphatic heterocycles. The van der Waals surface area contributed by atoms with Crippen LogP contribution in [0.5, 0.6) is 0 Å². The van der Waals surface area contributed by atoms with E-state index < -0.39 is 5.41 Å². The summed E-state index contributed by atoms with van der Waals surface area (Å²) in [5, 5.41) is 5.06. The van der Waals surface area contributed by atoms with Gasteiger partial charge in [0.2, 0.25) is 5.91 Å². The predicted octanol–water partition coefficient (Wildman–Crippen LogP) is 6.55. The van der Waals surface area contributed by atoms with E-state index in [1.807, 2.05) is 75.4 Å². The van der Waals surface area contributed by atoms with Crippen molar-refractivity contribution in [2.75, 3.05) is 5.32 Å². The Morgan fingerprint density at radius 1 is 0.724 bits per heavy atom. The highest BCUT2D eigenvalue weighted by atomic mass is 16.2. The molecule has 29 heavy (non-hydrogen) atoms. The molecule has 1 aromatic heterocycles. The first-order valence-electron chi connectivity index (χ1n) is 9.80. The Labute approximate surface area is 171 Å². The van der Waals surface area contributed by atoms with Gasteiger partial charge in [0, 0.05) is 21.9 Å². The van der Waals surface area contributed by atoms with Crippen molar-refractivity contribution in [3.8, 4) is 22.4 Å². The van der Waals surface area contributed by atoms with Gasteiger partial charge in [-0.2, -0.15) is 0 Å². The fraction of sp³-hybridized carbons (Fsp3) is 0.154. The molecule has 3 aromatic carbocycles. The lowest BCUT2D eigenvalue weighted by Gasteiger charge is -2.20. The van der Waals surface area contributed by atoms with Gasteiger partial charge in [-0.3, -0.25) is 4.79 Å². The third-order valence-corrected chi connectivity index (χ3v) is 4.93. The van der Waals surface area contributed by atoms with Crippen molar-refractivity contribution in [2.45, 2.75) is 20.8 Å². The van der Waals surface area contributed by atoms with Crippen molar-refractivity contribution in [3.63, 3.8) is 0 Å². The van der Waals surface area contributed by atoms with Crippen LogP contribution < -0.4 is 5.32 Å². The number of nitrogens with one attached hydrogen (secondary N) is 1. The highest BCUT2D eigenvalue weighted by molar-refractivity contribution is 6.10. The Bertz CT molecular complexity index is 1160. The summed E-state index contributed by atoms with van der Waals surface area (Å²) in [6.45, 7) is 5.71. The lowest BCUT2D eigenvalue weighted by Crippen LogP contribution is -2.28. The van der Waals surface area contributed by atoms with E-state index in [2.05, 4.69) is 35.6 Å². The fourth-order valence-electron chi connectivity index (χ4n) is 3.36. The minimum Gasteiger partial charge on any atom is -0.310 e. The Kier molecular flexibility index (Phi) is 4.89. The number of hydrogen-bond acceptors (Lipinski definition) is 2. The average molecular weight is 380 g/mol. The number of carbonyl (C=O) groups excluding carboxylic acids is 1. The van der Waals surface area contributed by atoms with Crippen molar-refractivity contribution >= 4 is 22.5 Å². The van der Waals surface area contributed by atoms with Crippen LogP contribution in [0, 0.1) is 5.41 Å². The van der Waals surface area contributed by atoms with Gasteiger partial charge < -0.3 is 5.32 Å². The Morgan fingerprint density at radius 2 is 1.24 bits per heavy atom. The van der Waals surface area contributed by atoms with E-state index in [-0.39, 0.29) is 5.91 Å². The van der Waals surface area contributed by atoms with E-state index in [0.717, 1.165) is 33.2 Å². The monoisotopic (exact) mass is 380 g/mol. The zero-order chi connectivity index (χ0) is 20.4. The van der Waals surface area contributed by atoms with Gasteiger partial charge in [0.15, 0.2) is 0 Å². The first-order chi connectivity index (χ1) is 13.9. The van der Waals surface area contributed by atoms with Crippen molar-refractivity contribution < 1.29 is 4.79 Å². The molecule has 0 atom stereocenters. The highest BCUT2D eigenvalue weighted by Crippen LogP contribution is 2.39.